The summed E-state index contributed by atoms with van der Waals surface area (Å²) in [6.45, 7) is 1.78. The Labute approximate surface area is 92.1 Å². The average Bonchev–Trinajstić information content (AvgIpc) is 2.15. The Morgan fingerprint density at radius 3 is 2.60 bits per heavy atom. The molecular formula is C12H9ClO2. The molecule has 0 atom stereocenters. The molecule has 0 aromatic heterocycles. The summed E-state index contributed by atoms with van der Waals surface area (Å²) in [6, 6.07) is 8.91. The zero-order chi connectivity index (χ0) is 11.0. The van der Waals surface area contributed by atoms with Gasteiger partial charge in [0.1, 0.15) is 0 Å². The molecule has 0 unspecified atom stereocenters. The zero-order valence-corrected chi connectivity index (χ0v) is 8.88. The van der Waals surface area contributed by atoms with Crippen LogP contribution in [0.25, 0.3) is 10.8 Å². The standard InChI is InChI=1S/C12H9ClO2/c1-7-4-9-5-10(13)3-2-8(9)6-11(7)12(14)15/h2-6H,1H3,(H,14,15). The molecule has 3 heteroatoms. The third kappa shape index (κ3) is 1.81. The molecule has 0 bridgehead atoms. The molecule has 2 nitrogen and oxygen atoms in total. The van der Waals surface area contributed by atoms with Crippen molar-refractivity contribution < 1.29 is 9.90 Å². The van der Waals surface area contributed by atoms with Gasteiger partial charge >= 0.3 is 5.97 Å². The van der Waals surface area contributed by atoms with E-state index in [1.165, 1.54) is 0 Å². The highest BCUT2D eigenvalue weighted by atomic mass is 35.5. The van der Waals surface area contributed by atoms with E-state index in [0.29, 0.717) is 10.6 Å². The van der Waals surface area contributed by atoms with Crippen LogP contribution in [-0.2, 0) is 0 Å². The first-order chi connectivity index (χ1) is 7.08. The summed E-state index contributed by atoms with van der Waals surface area (Å²) in [5, 5.41) is 11.5. The van der Waals surface area contributed by atoms with Gasteiger partial charge in [0.05, 0.1) is 5.56 Å². The number of rotatable bonds is 1. The van der Waals surface area contributed by atoms with Crippen molar-refractivity contribution in [3.05, 3.63) is 46.5 Å². The summed E-state index contributed by atoms with van der Waals surface area (Å²) >= 11 is 5.86. The second-order valence-electron chi connectivity index (χ2n) is 3.46. The van der Waals surface area contributed by atoms with Crippen LogP contribution in [-0.4, -0.2) is 11.1 Å². The molecular weight excluding hydrogens is 212 g/mol. The predicted octanol–water partition coefficient (Wildman–Crippen LogP) is 3.50. The van der Waals surface area contributed by atoms with Crippen molar-refractivity contribution in [1.29, 1.82) is 0 Å². The van der Waals surface area contributed by atoms with Gasteiger partial charge in [-0.25, -0.2) is 4.79 Å². The van der Waals surface area contributed by atoms with Gasteiger partial charge in [-0.2, -0.15) is 0 Å². The monoisotopic (exact) mass is 220 g/mol. The number of aromatic carboxylic acids is 1. The van der Waals surface area contributed by atoms with Crippen molar-refractivity contribution in [3.8, 4) is 0 Å². The van der Waals surface area contributed by atoms with Crippen LogP contribution in [0.3, 0.4) is 0 Å². The van der Waals surface area contributed by atoms with Gasteiger partial charge in [0, 0.05) is 5.02 Å². The molecule has 2 aromatic rings. The van der Waals surface area contributed by atoms with Gasteiger partial charge in [0.25, 0.3) is 0 Å². The van der Waals surface area contributed by atoms with Crippen LogP contribution in [0.5, 0.6) is 0 Å². The first-order valence-electron chi connectivity index (χ1n) is 4.51. The van der Waals surface area contributed by atoms with Gasteiger partial charge in [-0.1, -0.05) is 23.7 Å². The first-order valence-corrected chi connectivity index (χ1v) is 4.89. The second kappa shape index (κ2) is 3.55. The van der Waals surface area contributed by atoms with Gasteiger partial charge in [-0.05, 0) is 41.5 Å². The Kier molecular flexibility index (Phi) is 2.37. The summed E-state index contributed by atoms with van der Waals surface area (Å²) < 4.78 is 0. The highest BCUT2D eigenvalue weighted by molar-refractivity contribution is 6.31. The number of carboxylic acids is 1. The van der Waals surface area contributed by atoms with Crippen LogP contribution in [0.4, 0.5) is 0 Å². The van der Waals surface area contributed by atoms with Gasteiger partial charge in [0.15, 0.2) is 0 Å². The molecule has 0 aliphatic rings. The average molecular weight is 221 g/mol. The third-order valence-electron chi connectivity index (χ3n) is 2.38. The highest BCUT2D eigenvalue weighted by Gasteiger charge is 2.08. The molecule has 0 saturated heterocycles. The maximum atomic E-state index is 10.9. The van der Waals surface area contributed by atoms with Crippen molar-refractivity contribution >= 4 is 28.3 Å². The lowest BCUT2D eigenvalue weighted by atomic mass is 10.0. The summed E-state index contributed by atoms with van der Waals surface area (Å²) in [5.41, 5.74) is 1.09. The number of hydrogen-bond donors (Lipinski definition) is 1. The quantitative estimate of drug-likeness (QED) is 0.799. The minimum absolute atomic E-state index is 0.338. The lowest BCUT2D eigenvalue weighted by Gasteiger charge is -2.04. The molecule has 0 radical (unpaired) electrons. The first kappa shape index (κ1) is 9.99. The molecule has 0 fully saturated rings. The second-order valence-corrected chi connectivity index (χ2v) is 3.90. The molecule has 15 heavy (non-hydrogen) atoms. The van der Waals surface area contributed by atoms with Crippen LogP contribution < -0.4 is 0 Å². The molecule has 0 aliphatic carbocycles. The number of hydrogen-bond acceptors (Lipinski definition) is 1. The summed E-state index contributed by atoms with van der Waals surface area (Å²) in [4.78, 5) is 10.9. The summed E-state index contributed by atoms with van der Waals surface area (Å²) in [6.07, 6.45) is 0. The number of fused-ring (bicyclic) bond motifs is 1. The number of halogens is 1. The fraction of sp³-hybridized carbons (Fsp3) is 0.0833. The minimum atomic E-state index is -0.899. The lowest BCUT2D eigenvalue weighted by Crippen LogP contribution is -1.99. The van der Waals surface area contributed by atoms with Crippen LogP contribution in [0.15, 0.2) is 30.3 Å². The maximum absolute atomic E-state index is 10.9. The van der Waals surface area contributed by atoms with Crippen LogP contribution in [0.2, 0.25) is 5.02 Å². The molecule has 0 amide bonds. The summed E-state index contributed by atoms with van der Waals surface area (Å²) in [7, 11) is 0. The van der Waals surface area contributed by atoms with Crippen molar-refractivity contribution in [1.82, 2.24) is 0 Å². The summed E-state index contributed by atoms with van der Waals surface area (Å²) in [5.74, 6) is -0.899. The van der Waals surface area contributed by atoms with Crippen LogP contribution in [0, 0.1) is 6.92 Å². The van der Waals surface area contributed by atoms with E-state index in [9.17, 15) is 4.79 Å². The lowest BCUT2D eigenvalue weighted by molar-refractivity contribution is 0.0696. The van der Waals surface area contributed by atoms with E-state index in [1.807, 2.05) is 18.2 Å². The van der Waals surface area contributed by atoms with E-state index in [-0.39, 0.29) is 0 Å². The van der Waals surface area contributed by atoms with E-state index in [0.717, 1.165) is 16.3 Å². The van der Waals surface area contributed by atoms with Gasteiger partial charge in [-0.15, -0.1) is 0 Å². The SMILES string of the molecule is Cc1cc2cc(Cl)ccc2cc1C(=O)O. The van der Waals surface area contributed by atoms with Crippen molar-refractivity contribution in [2.75, 3.05) is 0 Å². The zero-order valence-electron chi connectivity index (χ0n) is 8.12. The van der Waals surface area contributed by atoms with Gasteiger partial charge in [0.2, 0.25) is 0 Å². The van der Waals surface area contributed by atoms with Gasteiger partial charge in [-0.3, -0.25) is 0 Å². The van der Waals surface area contributed by atoms with E-state index in [4.69, 9.17) is 16.7 Å². The normalized spacial score (nSPS) is 10.5. The molecule has 2 rings (SSSR count). The Morgan fingerprint density at radius 2 is 1.93 bits per heavy atom. The van der Waals surface area contributed by atoms with Gasteiger partial charge < -0.3 is 5.11 Å². The maximum Gasteiger partial charge on any atom is 0.335 e. The predicted molar refractivity (Wildman–Crippen MR) is 60.7 cm³/mol. The molecule has 0 aliphatic heterocycles. The van der Waals surface area contributed by atoms with E-state index >= 15 is 0 Å². The Morgan fingerprint density at radius 1 is 1.20 bits per heavy atom. The molecule has 0 heterocycles. The van der Waals surface area contributed by atoms with E-state index in [1.54, 1.807) is 19.1 Å². The fourth-order valence-electron chi connectivity index (χ4n) is 1.61. The molecule has 0 saturated carbocycles. The molecule has 2 aromatic carbocycles. The highest BCUT2D eigenvalue weighted by Crippen LogP contribution is 2.23. The Hall–Kier alpha value is -1.54. The molecule has 0 spiro atoms. The Balaban J connectivity index is 2.76. The van der Waals surface area contributed by atoms with Crippen molar-refractivity contribution in [3.63, 3.8) is 0 Å². The smallest absolute Gasteiger partial charge is 0.335 e. The van der Waals surface area contributed by atoms with Crippen LogP contribution in [0.1, 0.15) is 15.9 Å². The van der Waals surface area contributed by atoms with Crippen molar-refractivity contribution in [2.45, 2.75) is 6.92 Å². The Bertz CT molecular complexity index is 547. The fourth-order valence-corrected chi connectivity index (χ4v) is 1.79. The van der Waals surface area contributed by atoms with Crippen molar-refractivity contribution in [2.24, 2.45) is 0 Å². The van der Waals surface area contributed by atoms with E-state index in [2.05, 4.69) is 0 Å². The molecule has 76 valence electrons. The number of benzene rings is 2. The molecule has 1 N–H and O–H groups in total. The third-order valence-corrected chi connectivity index (χ3v) is 2.61. The number of carbonyl (C=O) groups is 1. The largest absolute Gasteiger partial charge is 0.478 e. The number of carboxylic acid groups (broad SMARTS) is 1. The van der Waals surface area contributed by atoms with E-state index < -0.39 is 5.97 Å². The topological polar surface area (TPSA) is 37.3 Å². The van der Waals surface area contributed by atoms with Crippen LogP contribution >= 0.6 is 11.6 Å². The minimum Gasteiger partial charge on any atom is -0.478 e. The number of aryl methyl sites for hydroxylation is 1.